The molecule has 0 radical (unpaired) electrons. The lowest BCUT2D eigenvalue weighted by Gasteiger charge is -2.09. The molecule has 1 N–H and O–H groups in total. The van der Waals surface area contributed by atoms with Crippen molar-refractivity contribution in [3.05, 3.63) is 71.5 Å². The summed E-state index contributed by atoms with van der Waals surface area (Å²) in [6.07, 6.45) is -9.23. The maximum Gasteiger partial charge on any atom is 0.451 e. The molecule has 0 bridgehead atoms. The van der Waals surface area contributed by atoms with E-state index in [9.17, 15) is 26.3 Å². The molecule has 12 heteroatoms. The first kappa shape index (κ1) is 21.7. The third kappa shape index (κ3) is 3.80. The first-order chi connectivity index (χ1) is 16.0. The molecule has 3 aromatic heterocycles. The van der Waals surface area contributed by atoms with E-state index in [2.05, 4.69) is 15.1 Å². The van der Waals surface area contributed by atoms with E-state index in [4.69, 9.17) is 4.74 Å². The largest absolute Gasteiger partial charge is 0.451 e. The molecular weight excluding hydrogens is 464 g/mol. The Hall–Kier alpha value is -4.09. The fourth-order valence-electron chi connectivity index (χ4n) is 3.66. The van der Waals surface area contributed by atoms with Crippen molar-refractivity contribution in [2.24, 2.45) is 0 Å². The van der Waals surface area contributed by atoms with Crippen molar-refractivity contribution in [3.63, 3.8) is 0 Å². The van der Waals surface area contributed by atoms with Crippen molar-refractivity contribution in [2.75, 3.05) is 0 Å². The minimum atomic E-state index is -4.72. The van der Waals surface area contributed by atoms with E-state index < -0.39 is 29.8 Å². The van der Waals surface area contributed by atoms with Gasteiger partial charge in [0.2, 0.25) is 11.7 Å². The van der Waals surface area contributed by atoms with Crippen LogP contribution in [-0.4, -0.2) is 24.7 Å². The van der Waals surface area contributed by atoms with E-state index in [-0.39, 0.29) is 11.7 Å². The number of aromatic amines is 1. The second-order valence-corrected chi connectivity index (χ2v) is 7.49. The number of benzene rings is 2. The predicted molar refractivity (Wildman–Crippen MR) is 110 cm³/mol. The summed E-state index contributed by atoms with van der Waals surface area (Å²) in [5.41, 5.74) is 1.15. The fourth-order valence-corrected chi connectivity index (χ4v) is 3.66. The molecule has 0 fully saturated rings. The summed E-state index contributed by atoms with van der Waals surface area (Å²) in [5, 5.41) is 6.10. The number of alkyl halides is 6. The highest BCUT2D eigenvalue weighted by Crippen LogP contribution is 2.37. The highest BCUT2D eigenvalue weighted by atomic mass is 19.4. The summed E-state index contributed by atoms with van der Waals surface area (Å²) in [5.74, 6) is -1.14. The first-order valence-electron chi connectivity index (χ1n) is 9.77. The number of hydrogen-bond acceptors (Lipinski definition) is 4. The number of H-pyrrole nitrogens is 1. The van der Waals surface area contributed by atoms with Crippen LogP contribution in [0, 0.1) is 6.92 Å². The molecule has 0 unspecified atom stereocenters. The molecular formula is C22H13F6N5O. The van der Waals surface area contributed by atoms with Crippen LogP contribution in [0.25, 0.3) is 27.6 Å². The number of aryl methyl sites for hydroxylation is 1. The van der Waals surface area contributed by atoms with Gasteiger partial charge in [-0.3, -0.25) is 9.67 Å². The Labute approximate surface area is 186 Å². The number of aromatic nitrogens is 5. The Morgan fingerprint density at radius 3 is 2.21 bits per heavy atom. The van der Waals surface area contributed by atoms with Crippen molar-refractivity contribution in [2.45, 2.75) is 19.3 Å². The zero-order valence-electron chi connectivity index (χ0n) is 17.2. The predicted octanol–water partition coefficient (Wildman–Crippen LogP) is 6.44. The summed E-state index contributed by atoms with van der Waals surface area (Å²) in [6, 6.07) is 12.7. The van der Waals surface area contributed by atoms with Gasteiger partial charge in [0.05, 0.1) is 16.6 Å². The Morgan fingerprint density at radius 2 is 1.53 bits per heavy atom. The molecule has 0 spiro atoms. The smallest absolute Gasteiger partial charge is 0.404 e. The number of nitrogens with one attached hydrogen (secondary N) is 1. The number of halogens is 6. The Bertz CT molecular complexity index is 1530. The third-order valence-electron chi connectivity index (χ3n) is 5.12. The third-order valence-corrected chi connectivity index (χ3v) is 5.12. The molecule has 0 aliphatic carbocycles. The number of nitrogens with zero attached hydrogens (tertiary/aromatic N) is 4. The van der Waals surface area contributed by atoms with E-state index in [0.29, 0.717) is 21.8 Å². The molecule has 0 aliphatic rings. The van der Waals surface area contributed by atoms with Gasteiger partial charge in [0, 0.05) is 16.8 Å². The molecule has 0 atom stereocenters. The molecule has 0 saturated carbocycles. The topological polar surface area (TPSA) is 68.6 Å². The van der Waals surface area contributed by atoms with Crippen molar-refractivity contribution in [1.82, 2.24) is 24.7 Å². The number of ether oxygens (including phenoxy) is 1. The Kier molecular flexibility index (Phi) is 4.78. The minimum absolute atomic E-state index is 0.0979. The summed E-state index contributed by atoms with van der Waals surface area (Å²) in [6.45, 7) is 1.83. The molecule has 0 saturated heterocycles. The highest BCUT2D eigenvalue weighted by molar-refractivity contribution is 6.09. The van der Waals surface area contributed by atoms with Crippen LogP contribution in [0.2, 0.25) is 0 Å². The van der Waals surface area contributed by atoms with E-state index in [1.165, 1.54) is 12.1 Å². The van der Waals surface area contributed by atoms with Gasteiger partial charge in [0.15, 0.2) is 0 Å². The zero-order chi connectivity index (χ0) is 24.3. The summed E-state index contributed by atoms with van der Waals surface area (Å²) in [7, 11) is 0. The van der Waals surface area contributed by atoms with Crippen molar-refractivity contribution >= 4 is 21.8 Å². The van der Waals surface area contributed by atoms with E-state index in [1.54, 1.807) is 33.9 Å². The number of rotatable bonds is 3. The lowest BCUT2D eigenvalue weighted by molar-refractivity contribution is -0.144. The van der Waals surface area contributed by atoms with Gasteiger partial charge in [-0.05, 0) is 43.3 Å². The van der Waals surface area contributed by atoms with Gasteiger partial charge in [-0.15, -0.1) is 5.10 Å². The summed E-state index contributed by atoms with van der Waals surface area (Å²) >= 11 is 0. The van der Waals surface area contributed by atoms with Crippen LogP contribution in [0.5, 0.6) is 11.9 Å². The number of pyridine rings is 1. The molecule has 3 heterocycles. The normalized spacial score (nSPS) is 12.6. The van der Waals surface area contributed by atoms with Crippen molar-refractivity contribution < 1.29 is 31.1 Å². The average Bonchev–Trinajstić information content (AvgIpc) is 3.35. The van der Waals surface area contributed by atoms with Crippen molar-refractivity contribution in [3.8, 4) is 17.7 Å². The second kappa shape index (κ2) is 7.47. The SMILES string of the molecule is Cc1ccc2c(c1)c1cc(C(F)(F)F)ccc1n2-c1cccc(Oc2n[nH]c(C(F)(F)F)n2)n1. The van der Waals surface area contributed by atoms with E-state index in [0.717, 1.165) is 17.7 Å². The standard InChI is InChI=1S/C22H13F6N5O/c1-11-5-7-15-13(9-11)14-10-12(21(23,24)25)6-8-16(14)33(15)17-3-2-4-18(29-17)34-20-30-19(31-32-20)22(26,27)28/h2-10H,1H3,(H,30,31,32). The summed E-state index contributed by atoms with van der Waals surface area (Å²) < 4.78 is 85.2. The molecule has 2 aromatic carbocycles. The minimum Gasteiger partial charge on any atom is -0.404 e. The van der Waals surface area contributed by atoms with Gasteiger partial charge in [-0.1, -0.05) is 17.7 Å². The Morgan fingerprint density at radius 1 is 0.824 bits per heavy atom. The van der Waals surface area contributed by atoms with Gasteiger partial charge in [0.25, 0.3) is 0 Å². The Balaban J connectivity index is 1.63. The molecule has 174 valence electrons. The van der Waals surface area contributed by atoms with Gasteiger partial charge >= 0.3 is 18.4 Å². The maximum absolute atomic E-state index is 13.3. The van der Waals surface area contributed by atoms with Crippen LogP contribution in [-0.2, 0) is 12.4 Å². The van der Waals surface area contributed by atoms with Gasteiger partial charge in [0.1, 0.15) is 5.82 Å². The quantitative estimate of drug-likeness (QED) is 0.304. The van der Waals surface area contributed by atoms with Crippen molar-refractivity contribution in [1.29, 1.82) is 0 Å². The van der Waals surface area contributed by atoms with Crippen LogP contribution >= 0.6 is 0 Å². The second-order valence-electron chi connectivity index (χ2n) is 7.49. The van der Waals surface area contributed by atoms with Crippen LogP contribution in [0.1, 0.15) is 17.0 Å². The number of hydrogen-bond donors (Lipinski definition) is 1. The molecule has 0 aliphatic heterocycles. The lowest BCUT2D eigenvalue weighted by atomic mass is 10.1. The monoisotopic (exact) mass is 477 g/mol. The van der Waals surface area contributed by atoms with Gasteiger partial charge in [-0.2, -0.15) is 36.3 Å². The first-order valence-corrected chi connectivity index (χ1v) is 9.77. The zero-order valence-corrected chi connectivity index (χ0v) is 17.2. The fraction of sp³-hybridized carbons (Fsp3) is 0.136. The summed E-state index contributed by atoms with van der Waals surface area (Å²) in [4.78, 5) is 7.56. The van der Waals surface area contributed by atoms with Crippen LogP contribution in [0.3, 0.4) is 0 Å². The molecule has 6 nitrogen and oxygen atoms in total. The number of fused-ring (bicyclic) bond motifs is 3. The van der Waals surface area contributed by atoms with E-state index in [1.807, 2.05) is 13.0 Å². The van der Waals surface area contributed by atoms with Crippen LogP contribution in [0.15, 0.2) is 54.6 Å². The molecule has 34 heavy (non-hydrogen) atoms. The molecule has 5 aromatic rings. The van der Waals surface area contributed by atoms with Crippen LogP contribution in [0.4, 0.5) is 26.3 Å². The lowest BCUT2D eigenvalue weighted by Crippen LogP contribution is -2.07. The van der Waals surface area contributed by atoms with E-state index >= 15 is 0 Å². The molecule has 5 rings (SSSR count). The maximum atomic E-state index is 13.3. The van der Waals surface area contributed by atoms with Crippen LogP contribution < -0.4 is 4.74 Å². The highest BCUT2D eigenvalue weighted by Gasteiger charge is 2.35. The average molecular weight is 477 g/mol. The van der Waals surface area contributed by atoms with Gasteiger partial charge < -0.3 is 4.74 Å². The molecule has 0 amide bonds. The van der Waals surface area contributed by atoms with Gasteiger partial charge in [-0.25, -0.2) is 0 Å².